The van der Waals surface area contributed by atoms with Gasteiger partial charge in [-0.15, -0.1) is 0 Å². The molecule has 2 heterocycles. The number of rotatable bonds is 7. The summed E-state index contributed by atoms with van der Waals surface area (Å²) < 4.78 is 32.7. The molecule has 1 atom stereocenters. The van der Waals surface area contributed by atoms with Crippen molar-refractivity contribution in [1.29, 1.82) is 0 Å². The fourth-order valence-electron chi connectivity index (χ4n) is 4.61. The number of anilines is 1. The molecule has 0 bridgehead atoms. The third-order valence-corrected chi connectivity index (χ3v) is 8.16. The minimum atomic E-state index is -3.57. The molecule has 0 saturated carbocycles. The SMILES string of the molecule is COc1ccccc1CCNC(=O)[C@H]1Cc2cc(S(=O)(=O)N3CCCC3)ccc2N1C(C)=O. The predicted octanol–water partition coefficient (Wildman–Crippen LogP) is 2.12. The Balaban J connectivity index is 1.49. The number of benzene rings is 2. The summed E-state index contributed by atoms with van der Waals surface area (Å²) >= 11 is 0. The second-order valence-electron chi connectivity index (χ2n) is 8.36. The lowest BCUT2D eigenvalue weighted by Gasteiger charge is -2.23. The highest BCUT2D eigenvalue weighted by Crippen LogP contribution is 2.35. The fraction of sp³-hybridized carbons (Fsp3) is 0.417. The van der Waals surface area contributed by atoms with Crippen LogP contribution in [0, 0.1) is 0 Å². The minimum Gasteiger partial charge on any atom is -0.496 e. The number of ether oxygens (including phenoxy) is 1. The number of methoxy groups -OCH3 is 1. The van der Waals surface area contributed by atoms with Crippen LogP contribution in [0.5, 0.6) is 5.75 Å². The predicted molar refractivity (Wildman–Crippen MR) is 125 cm³/mol. The van der Waals surface area contributed by atoms with Gasteiger partial charge in [-0.05, 0) is 54.7 Å². The van der Waals surface area contributed by atoms with Crippen LogP contribution in [0.15, 0.2) is 47.4 Å². The molecule has 1 N–H and O–H groups in total. The normalized spacial score (nSPS) is 18.2. The van der Waals surface area contributed by atoms with Crippen LogP contribution in [0.3, 0.4) is 0 Å². The molecule has 33 heavy (non-hydrogen) atoms. The third-order valence-electron chi connectivity index (χ3n) is 6.27. The summed E-state index contributed by atoms with van der Waals surface area (Å²) in [5.41, 5.74) is 2.26. The largest absolute Gasteiger partial charge is 0.496 e. The van der Waals surface area contributed by atoms with Crippen molar-refractivity contribution < 1.29 is 22.7 Å². The summed E-state index contributed by atoms with van der Waals surface area (Å²) in [4.78, 5) is 27.1. The molecule has 8 nitrogen and oxygen atoms in total. The first-order valence-electron chi connectivity index (χ1n) is 11.2. The topological polar surface area (TPSA) is 96.0 Å². The molecule has 0 spiro atoms. The lowest BCUT2D eigenvalue weighted by molar-refractivity contribution is -0.125. The van der Waals surface area contributed by atoms with E-state index in [1.54, 1.807) is 19.2 Å². The van der Waals surface area contributed by atoms with Gasteiger partial charge >= 0.3 is 0 Å². The summed E-state index contributed by atoms with van der Waals surface area (Å²) in [6.07, 6.45) is 2.59. The molecule has 0 aromatic heterocycles. The fourth-order valence-corrected chi connectivity index (χ4v) is 6.18. The van der Waals surface area contributed by atoms with Crippen LogP contribution < -0.4 is 15.0 Å². The number of hydrogen-bond donors (Lipinski definition) is 1. The van der Waals surface area contributed by atoms with Crippen LogP contribution in [-0.2, 0) is 32.5 Å². The molecule has 176 valence electrons. The van der Waals surface area contributed by atoms with Crippen LogP contribution in [0.1, 0.15) is 30.9 Å². The third kappa shape index (κ3) is 4.60. The number of para-hydroxylation sites is 1. The van der Waals surface area contributed by atoms with Crippen molar-refractivity contribution in [3.63, 3.8) is 0 Å². The summed E-state index contributed by atoms with van der Waals surface area (Å²) in [7, 11) is -1.96. The van der Waals surface area contributed by atoms with Gasteiger partial charge in [-0.25, -0.2) is 8.42 Å². The van der Waals surface area contributed by atoms with Crippen LogP contribution in [0.4, 0.5) is 5.69 Å². The van der Waals surface area contributed by atoms with Crippen molar-refractivity contribution in [1.82, 2.24) is 9.62 Å². The smallest absolute Gasteiger partial charge is 0.243 e. The molecule has 1 saturated heterocycles. The first-order valence-corrected chi connectivity index (χ1v) is 12.6. The summed E-state index contributed by atoms with van der Waals surface area (Å²) in [6.45, 7) is 2.86. The van der Waals surface area contributed by atoms with Crippen LogP contribution >= 0.6 is 0 Å². The molecular formula is C24H29N3O5S. The molecule has 1 fully saturated rings. The Morgan fingerprint density at radius 2 is 1.85 bits per heavy atom. The van der Waals surface area contributed by atoms with Crippen LogP contribution in [0.2, 0.25) is 0 Å². The van der Waals surface area contributed by atoms with Gasteiger partial charge in [0.25, 0.3) is 0 Å². The van der Waals surface area contributed by atoms with Crippen molar-refractivity contribution in [2.75, 3.05) is 31.6 Å². The lowest BCUT2D eigenvalue weighted by atomic mass is 10.1. The van der Waals surface area contributed by atoms with Gasteiger partial charge in [0.2, 0.25) is 21.8 Å². The Morgan fingerprint density at radius 3 is 2.55 bits per heavy atom. The molecule has 0 radical (unpaired) electrons. The van der Waals surface area contributed by atoms with Crippen molar-refractivity contribution in [2.45, 2.75) is 43.5 Å². The number of nitrogens with one attached hydrogen (secondary N) is 1. The van der Waals surface area contributed by atoms with Gasteiger partial charge in [-0.2, -0.15) is 4.31 Å². The molecule has 0 aliphatic carbocycles. The monoisotopic (exact) mass is 471 g/mol. The van der Waals surface area contributed by atoms with E-state index in [4.69, 9.17) is 4.74 Å². The van der Waals surface area contributed by atoms with E-state index in [1.807, 2.05) is 24.3 Å². The van der Waals surface area contributed by atoms with Gasteiger partial charge in [0, 0.05) is 38.7 Å². The molecule has 2 aromatic carbocycles. The molecule has 2 aliphatic rings. The van der Waals surface area contributed by atoms with E-state index in [1.165, 1.54) is 22.2 Å². The van der Waals surface area contributed by atoms with E-state index in [0.29, 0.717) is 37.3 Å². The number of amides is 2. The van der Waals surface area contributed by atoms with E-state index in [9.17, 15) is 18.0 Å². The van der Waals surface area contributed by atoms with Gasteiger partial charge in [0.05, 0.1) is 12.0 Å². The number of nitrogens with zero attached hydrogens (tertiary/aromatic N) is 2. The van der Waals surface area contributed by atoms with Gasteiger partial charge in [0.1, 0.15) is 11.8 Å². The minimum absolute atomic E-state index is 0.212. The molecular weight excluding hydrogens is 442 g/mol. The number of carbonyl (C=O) groups excluding carboxylic acids is 2. The maximum Gasteiger partial charge on any atom is 0.243 e. The molecule has 9 heteroatoms. The zero-order valence-electron chi connectivity index (χ0n) is 18.9. The molecule has 0 unspecified atom stereocenters. The van der Waals surface area contributed by atoms with E-state index < -0.39 is 16.1 Å². The van der Waals surface area contributed by atoms with Crippen LogP contribution in [0.25, 0.3) is 0 Å². The zero-order chi connectivity index (χ0) is 23.6. The van der Waals surface area contributed by atoms with Gasteiger partial charge in [-0.1, -0.05) is 18.2 Å². The summed E-state index contributed by atoms with van der Waals surface area (Å²) in [5.74, 6) is 0.242. The van der Waals surface area contributed by atoms with Crippen molar-refractivity contribution in [3.8, 4) is 5.75 Å². The first-order chi connectivity index (χ1) is 15.8. The number of carbonyl (C=O) groups is 2. The van der Waals surface area contributed by atoms with Gasteiger partial charge in [-0.3, -0.25) is 14.5 Å². The standard InChI is InChI=1S/C24H29N3O5S/c1-17(28)27-21-10-9-20(33(30,31)26-13-5-6-14-26)15-19(21)16-22(27)24(29)25-12-11-18-7-3-4-8-23(18)32-2/h3-4,7-10,15,22H,5-6,11-14,16H2,1-2H3,(H,25,29)/t22-/m1/s1. The Labute approximate surface area is 194 Å². The number of hydrogen-bond acceptors (Lipinski definition) is 5. The van der Waals surface area contributed by atoms with Crippen molar-refractivity contribution in [2.24, 2.45) is 0 Å². The molecule has 2 aliphatic heterocycles. The Kier molecular flexibility index (Phi) is 6.71. The van der Waals surface area contributed by atoms with E-state index >= 15 is 0 Å². The van der Waals surface area contributed by atoms with Crippen LogP contribution in [-0.4, -0.2) is 57.3 Å². The zero-order valence-corrected chi connectivity index (χ0v) is 19.7. The highest BCUT2D eigenvalue weighted by atomic mass is 32.2. The maximum absolute atomic E-state index is 13.0. The van der Waals surface area contributed by atoms with E-state index in [2.05, 4.69) is 5.32 Å². The van der Waals surface area contributed by atoms with E-state index in [0.717, 1.165) is 24.2 Å². The summed E-state index contributed by atoms with van der Waals surface area (Å²) in [6, 6.07) is 11.7. The quantitative estimate of drug-likeness (QED) is 0.667. The maximum atomic E-state index is 13.0. The number of fused-ring (bicyclic) bond motifs is 1. The van der Waals surface area contributed by atoms with Crippen molar-refractivity contribution in [3.05, 3.63) is 53.6 Å². The summed E-state index contributed by atoms with van der Waals surface area (Å²) in [5, 5.41) is 2.92. The average molecular weight is 472 g/mol. The highest BCUT2D eigenvalue weighted by molar-refractivity contribution is 7.89. The van der Waals surface area contributed by atoms with Gasteiger partial charge < -0.3 is 10.1 Å². The first kappa shape index (κ1) is 23.3. The molecule has 2 amide bonds. The Morgan fingerprint density at radius 1 is 1.12 bits per heavy atom. The highest BCUT2D eigenvalue weighted by Gasteiger charge is 2.38. The second-order valence-corrected chi connectivity index (χ2v) is 10.3. The number of sulfonamides is 1. The Hall–Kier alpha value is -2.91. The molecule has 4 rings (SSSR count). The second kappa shape index (κ2) is 9.52. The van der Waals surface area contributed by atoms with Crippen molar-refractivity contribution >= 4 is 27.5 Å². The average Bonchev–Trinajstić information content (AvgIpc) is 3.47. The van der Waals surface area contributed by atoms with E-state index in [-0.39, 0.29) is 23.1 Å². The Bertz CT molecular complexity index is 1160. The lowest BCUT2D eigenvalue weighted by Crippen LogP contribution is -2.47. The van der Waals surface area contributed by atoms with Gasteiger partial charge in [0.15, 0.2) is 0 Å². The molecule has 2 aromatic rings.